The van der Waals surface area contributed by atoms with Gasteiger partial charge in [-0.25, -0.2) is 0 Å². The highest BCUT2D eigenvalue weighted by Crippen LogP contribution is 2.36. The Labute approximate surface area is 168 Å². The number of fused-ring (bicyclic) bond motifs is 3. The minimum atomic E-state index is 0.326. The normalized spacial score (nSPS) is 23.9. The maximum absolute atomic E-state index is 8.91. The average Bonchev–Trinajstić information content (AvgIpc) is 3.39. The third kappa shape index (κ3) is 3.49. The van der Waals surface area contributed by atoms with Crippen LogP contribution in [0.3, 0.4) is 0 Å². The van der Waals surface area contributed by atoms with Gasteiger partial charge in [-0.15, -0.1) is 0 Å². The molecular weight excluding hydrogens is 368 g/mol. The third-order valence-corrected chi connectivity index (χ3v) is 5.96. The Morgan fingerprint density at radius 3 is 2.79 bits per heavy atom. The molecule has 0 aromatic carbocycles. The standard InChI is InChI=1S/C19H24N10/c1-11-7-16(27-26-11)23-17-15-10-21-28-18(15)25-19(24-17)22-12-8-13-3-4-14(9-12)29(13)6-2-5-20/h7,10,12-14H,2-4,6,8-9H2,1H3,(H4,21,22,23,24,25,26,27,28)/t12?,13-,14+. The van der Waals surface area contributed by atoms with E-state index in [-0.39, 0.29) is 0 Å². The lowest BCUT2D eigenvalue weighted by atomic mass is 9.97. The molecule has 3 aromatic heterocycles. The minimum absolute atomic E-state index is 0.326. The van der Waals surface area contributed by atoms with Gasteiger partial charge in [-0.2, -0.15) is 25.4 Å². The van der Waals surface area contributed by atoms with Crippen molar-refractivity contribution < 1.29 is 0 Å². The molecule has 2 aliphatic rings. The highest BCUT2D eigenvalue weighted by Gasteiger charge is 2.40. The molecule has 10 heteroatoms. The van der Waals surface area contributed by atoms with Crippen LogP contribution in [0.15, 0.2) is 12.3 Å². The summed E-state index contributed by atoms with van der Waals surface area (Å²) in [7, 11) is 0. The van der Waals surface area contributed by atoms with E-state index in [1.165, 1.54) is 12.8 Å². The van der Waals surface area contributed by atoms with Crippen LogP contribution in [0, 0.1) is 18.3 Å². The van der Waals surface area contributed by atoms with Crippen LogP contribution in [-0.4, -0.2) is 59.9 Å². The fourth-order valence-electron chi connectivity index (χ4n) is 4.72. The van der Waals surface area contributed by atoms with Gasteiger partial charge in [0.2, 0.25) is 5.95 Å². The maximum Gasteiger partial charge on any atom is 0.226 e. The van der Waals surface area contributed by atoms with Gasteiger partial charge in [-0.3, -0.25) is 15.1 Å². The molecule has 0 spiro atoms. The summed E-state index contributed by atoms with van der Waals surface area (Å²) >= 11 is 0. The summed E-state index contributed by atoms with van der Waals surface area (Å²) in [5, 5.41) is 30.7. The number of aromatic amines is 2. The van der Waals surface area contributed by atoms with Crippen LogP contribution in [-0.2, 0) is 0 Å². The summed E-state index contributed by atoms with van der Waals surface area (Å²) in [6.45, 7) is 2.84. The Balaban J connectivity index is 1.34. The lowest BCUT2D eigenvalue weighted by Gasteiger charge is -2.38. The molecular formula is C19H24N10. The molecule has 0 amide bonds. The number of H-pyrrole nitrogens is 2. The van der Waals surface area contributed by atoms with Crippen LogP contribution in [0.5, 0.6) is 0 Å². The van der Waals surface area contributed by atoms with Gasteiger partial charge in [0, 0.05) is 42.9 Å². The average molecular weight is 392 g/mol. The number of rotatable bonds is 6. The van der Waals surface area contributed by atoms with E-state index in [0.29, 0.717) is 47.8 Å². The lowest BCUT2D eigenvalue weighted by Crippen LogP contribution is -2.47. The summed E-state index contributed by atoms with van der Waals surface area (Å²) in [5.41, 5.74) is 1.66. The zero-order valence-electron chi connectivity index (χ0n) is 16.3. The first-order valence-electron chi connectivity index (χ1n) is 10.1. The predicted octanol–water partition coefficient (Wildman–Crippen LogP) is 2.45. The van der Waals surface area contributed by atoms with E-state index >= 15 is 0 Å². The smallest absolute Gasteiger partial charge is 0.226 e. The van der Waals surface area contributed by atoms with Crippen molar-refractivity contribution in [2.24, 2.45) is 0 Å². The van der Waals surface area contributed by atoms with Crippen molar-refractivity contribution in [2.75, 3.05) is 17.2 Å². The number of nitrogens with one attached hydrogen (secondary N) is 4. The minimum Gasteiger partial charge on any atom is -0.351 e. The molecule has 1 unspecified atom stereocenters. The Bertz CT molecular complexity index is 1030. The van der Waals surface area contributed by atoms with Crippen LogP contribution in [0.25, 0.3) is 11.0 Å². The monoisotopic (exact) mass is 392 g/mol. The summed E-state index contributed by atoms with van der Waals surface area (Å²) in [4.78, 5) is 11.8. The van der Waals surface area contributed by atoms with E-state index in [2.05, 4.69) is 47.0 Å². The van der Waals surface area contributed by atoms with Crippen LogP contribution in [0.4, 0.5) is 17.6 Å². The molecule has 3 aromatic rings. The van der Waals surface area contributed by atoms with Gasteiger partial charge in [0.1, 0.15) is 5.82 Å². The second-order valence-corrected chi connectivity index (χ2v) is 7.93. The van der Waals surface area contributed by atoms with Crippen molar-refractivity contribution in [3.63, 3.8) is 0 Å². The van der Waals surface area contributed by atoms with Crippen LogP contribution >= 0.6 is 0 Å². The molecule has 2 fully saturated rings. The van der Waals surface area contributed by atoms with Gasteiger partial charge in [-0.05, 0) is 32.6 Å². The van der Waals surface area contributed by atoms with E-state index in [1.54, 1.807) is 6.20 Å². The summed E-state index contributed by atoms with van der Waals surface area (Å²) in [6, 6.07) is 5.61. The second-order valence-electron chi connectivity index (χ2n) is 7.93. The van der Waals surface area contributed by atoms with Crippen molar-refractivity contribution in [1.29, 1.82) is 5.26 Å². The van der Waals surface area contributed by atoms with E-state index in [4.69, 9.17) is 10.2 Å². The van der Waals surface area contributed by atoms with Crippen LogP contribution in [0.1, 0.15) is 37.8 Å². The summed E-state index contributed by atoms with van der Waals surface area (Å²) in [6.07, 6.45) is 6.84. The number of nitrogens with zero attached hydrogens (tertiary/aromatic N) is 6. The number of hydrogen-bond acceptors (Lipinski definition) is 8. The molecule has 2 saturated heterocycles. The maximum atomic E-state index is 8.91. The van der Waals surface area contributed by atoms with Crippen molar-refractivity contribution >= 4 is 28.6 Å². The van der Waals surface area contributed by atoms with E-state index in [9.17, 15) is 0 Å². The van der Waals surface area contributed by atoms with Gasteiger partial charge >= 0.3 is 0 Å². The van der Waals surface area contributed by atoms with E-state index in [1.807, 2.05) is 13.0 Å². The number of nitriles is 1. The SMILES string of the molecule is Cc1cc(Nc2nc(NC3C[C@H]4CC[C@@H](C3)N4CCC#N)nc3[nH]ncc23)n[nH]1. The molecule has 2 bridgehead atoms. The first-order valence-corrected chi connectivity index (χ1v) is 10.1. The highest BCUT2D eigenvalue weighted by atomic mass is 15.3. The number of piperidine rings is 1. The Kier molecular flexibility index (Phi) is 4.52. The van der Waals surface area contributed by atoms with E-state index in [0.717, 1.165) is 30.5 Å². The zero-order chi connectivity index (χ0) is 19.8. The van der Waals surface area contributed by atoms with Gasteiger partial charge in [0.05, 0.1) is 17.7 Å². The molecule has 0 saturated carbocycles. The quantitative estimate of drug-likeness (QED) is 0.502. The van der Waals surface area contributed by atoms with Crippen LogP contribution in [0.2, 0.25) is 0 Å². The van der Waals surface area contributed by atoms with Gasteiger partial charge in [0.25, 0.3) is 0 Å². The Hall–Kier alpha value is -3.19. The van der Waals surface area contributed by atoms with Gasteiger partial charge in [0.15, 0.2) is 11.5 Å². The van der Waals surface area contributed by atoms with Crippen molar-refractivity contribution in [2.45, 2.75) is 57.2 Å². The number of anilines is 3. The zero-order valence-corrected chi connectivity index (χ0v) is 16.3. The predicted molar refractivity (Wildman–Crippen MR) is 109 cm³/mol. The molecule has 29 heavy (non-hydrogen) atoms. The molecule has 5 rings (SSSR count). The largest absolute Gasteiger partial charge is 0.351 e. The van der Waals surface area contributed by atoms with Gasteiger partial charge in [-0.1, -0.05) is 0 Å². The second kappa shape index (κ2) is 7.33. The Morgan fingerprint density at radius 2 is 2.07 bits per heavy atom. The Morgan fingerprint density at radius 1 is 1.24 bits per heavy atom. The molecule has 2 aliphatic heterocycles. The molecule has 10 nitrogen and oxygen atoms in total. The first kappa shape index (κ1) is 17.9. The van der Waals surface area contributed by atoms with Crippen molar-refractivity contribution in [3.05, 3.63) is 18.0 Å². The highest BCUT2D eigenvalue weighted by molar-refractivity contribution is 5.88. The van der Waals surface area contributed by atoms with Crippen LogP contribution < -0.4 is 10.6 Å². The number of aryl methyl sites for hydroxylation is 1. The summed E-state index contributed by atoms with van der Waals surface area (Å²) < 4.78 is 0. The summed E-state index contributed by atoms with van der Waals surface area (Å²) in [5.74, 6) is 1.97. The fourth-order valence-corrected chi connectivity index (χ4v) is 4.72. The fraction of sp³-hybridized carbons (Fsp3) is 0.526. The number of hydrogen-bond donors (Lipinski definition) is 4. The number of aromatic nitrogens is 6. The third-order valence-electron chi connectivity index (χ3n) is 5.96. The molecule has 0 radical (unpaired) electrons. The van der Waals surface area contributed by atoms with E-state index < -0.39 is 0 Å². The first-order chi connectivity index (χ1) is 14.2. The van der Waals surface area contributed by atoms with Gasteiger partial charge < -0.3 is 10.6 Å². The van der Waals surface area contributed by atoms with Crippen molar-refractivity contribution in [1.82, 2.24) is 35.3 Å². The molecule has 4 N–H and O–H groups in total. The topological polar surface area (TPSA) is 134 Å². The molecule has 150 valence electrons. The lowest BCUT2D eigenvalue weighted by molar-refractivity contribution is 0.135. The molecule has 3 atom stereocenters. The molecule has 0 aliphatic carbocycles. The molecule has 5 heterocycles. The van der Waals surface area contributed by atoms with Crippen molar-refractivity contribution in [3.8, 4) is 6.07 Å².